The lowest BCUT2D eigenvalue weighted by Gasteiger charge is -2.32. The van der Waals surface area contributed by atoms with Crippen molar-refractivity contribution in [2.45, 2.75) is 52.0 Å². The maximum Gasteiger partial charge on any atom is 0.222 e. The van der Waals surface area contributed by atoms with Crippen LogP contribution in [-0.2, 0) is 4.79 Å². The number of carbonyl (C=O) groups excluding carboxylic acids is 1. The summed E-state index contributed by atoms with van der Waals surface area (Å²) < 4.78 is 13.4. The van der Waals surface area contributed by atoms with Gasteiger partial charge in [-0.3, -0.25) is 4.79 Å². The second kappa shape index (κ2) is 8.04. The number of aromatic nitrogens is 3. The average molecular weight is 348 g/mol. The van der Waals surface area contributed by atoms with Gasteiger partial charge in [-0.05, 0) is 13.3 Å². The van der Waals surface area contributed by atoms with E-state index in [0.717, 1.165) is 31.9 Å². The molecule has 2 aromatic rings. The van der Waals surface area contributed by atoms with Gasteiger partial charge < -0.3 is 16.4 Å². The van der Waals surface area contributed by atoms with Gasteiger partial charge in [0.1, 0.15) is 11.3 Å². The largest absolute Gasteiger partial charge is 0.368 e. The summed E-state index contributed by atoms with van der Waals surface area (Å²) in [4.78, 5) is 23.7. The number of amides is 1. The van der Waals surface area contributed by atoms with Crippen LogP contribution in [0.25, 0.3) is 11.0 Å². The Bertz CT molecular complexity index is 748. The van der Waals surface area contributed by atoms with Crippen LogP contribution in [-0.4, -0.2) is 32.9 Å². The van der Waals surface area contributed by atoms with Gasteiger partial charge in [-0.15, -0.1) is 0 Å². The summed E-state index contributed by atoms with van der Waals surface area (Å²) in [6.45, 7) is 6.05. The lowest BCUT2D eigenvalue weighted by Crippen LogP contribution is -2.46. The Balaban J connectivity index is 2.33. The van der Waals surface area contributed by atoms with Gasteiger partial charge in [0.15, 0.2) is 5.82 Å². The second-order valence-corrected chi connectivity index (χ2v) is 6.50. The molecule has 0 radical (unpaired) electrons. The highest BCUT2D eigenvalue weighted by atomic mass is 19.1. The van der Waals surface area contributed by atoms with Crippen LogP contribution in [0.4, 0.5) is 16.2 Å². The molecule has 7 nitrogen and oxygen atoms in total. The van der Waals surface area contributed by atoms with Gasteiger partial charge in [0, 0.05) is 19.5 Å². The number of nitrogens with two attached hydrogens (primary N) is 1. The highest BCUT2D eigenvalue weighted by Gasteiger charge is 2.26. The third-order valence-electron chi connectivity index (χ3n) is 4.00. The quantitative estimate of drug-likeness (QED) is 0.633. The minimum Gasteiger partial charge on any atom is -0.368 e. The zero-order valence-electron chi connectivity index (χ0n) is 14.9. The Kier molecular flexibility index (Phi) is 6.06. The van der Waals surface area contributed by atoms with Crippen LogP contribution in [0.5, 0.6) is 0 Å². The van der Waals surface area contributed by atoms with Crippen molar-refractivity contribution in [1.29, 1.82) is 0 Å². The number of nitrogen functional groups attached to an aromatic ring is 1. The minimum absolute atomic E-state index is 0.0397. The summed E-state index contributed by atoms with van der Waals surface area (Å²) in [6, 6.07) is 1.27. The summed E-state index contributed by atoms with van der Waals surface area (Å²) in [5.74, 6) is -0.110. The van der Waals surface area contributed by atoms with Crippen molar-refractivity contribution in [3.8, 4) is 0 Å². The van der Waals surface area contributed by atoms with Crippen molar-refractivity contribution in [3.63, 3.8) is 0 Å². The number of halogens is 1. The molecule has 136 valence electrons. The van der Waals surface area contributed by atoms with Crippen molar-refractivity contribution in [1.82, 2.24) is 20.3 Å². The van der Waals surface area contributed by atoms with E-state index < -0.39 is 11.4 Å². The van der Waals surface area contributed by atoms with E-state index in [1.165, 1.54) is 13.0 Å². The number of nitrogens with one attached hydrogen (secondary N) is 2. The number of carbonyl (C=O) groups is 1. The molecule has 0 aromatic carbocycles. The van der Waals surface area contributed by atoms with E-state index in [4.69, 9.17) is 5.73 Å². The Morgan fingerprint density at radius 1 is 1.36 bits per heavy atom. The molecule has 4 N–H and O–H groups in total. The molecule has 0 spiro atoms. The molecular weight excluding hydrogens is 323 g/mol. The number of unbranched alkanes of at least 4 members (excludes halogenated alkanes) is 2. The van der Waals surface area contributed by atoms with Crippen LogP contribution in [0.3, 0.4) is 0 Å². The minimum atomic E-state index is -0.486. The Hall–Kier alpha value is -2.51. The summed E-state index contributed by atoms with van der Waals surface area (Å²) in [6.07, 6.45) is 5.14. The number of nitrogens with zero attached hydrogens (tertiary/aromatic N) is 3. The molecule has 1 amide bonds. The van der Waals surface area contributed by atoms with E-state index in [1.54, 1.807) is 0 Å². The fraction of sp³-hybridized carbons (Fsp3) is 0.529. The lowest BCUT2D eigenvalue weighted by atomic mass is 9.94. The van der Waals surface area contributed by atoms with E-state index >= 15 is 0 Å². The van der Waals surface area contributed by atoms with Crippen LogP contribution in [0, 0.1) is 5.82 Å². The second-order valence-electron chi connectivity index (χ2n) is 6.50. The monoisotopic (exact) mass is 348 g/mol. The van der Waals surface area contributed by atoms with E-state index in [2.05, 4.69) is 32.5 Å². The van der Waals surface area contributed by atoms with Crippen molar-refractivity contribution in [2.24, 2.45) is 0 Å². The molecule has 2 rings (SSSR count). The molecule has 0 aliphatic heterocycles. The topological polar surface area (TPSA) is 106 Å². The molecular formula is C17H25FN6O. The molecule has 25 heavy (non-hydrogen) atoms. The Labute approximate surface area is 146 Å². The van der Waals surface area contributed by atoms with Gasteiger partial charge in [0.25, 0.3) is 0 Å². The number of hydrogen-bond acceptors (Lipinski definition) is 6. The molecule has 2 aromatic heterocycles. The van der Waals surface area contributed by atoms with Crippen molar-refractivity contribution in [3.05, 3.63) is 18.1 Å². The molecule has 1 atom stereocenters. The smallest absolute Gasteiger partial charge is 0.222 e. The lowest BCUT2D eigenvalue weighted by molar-refractivity contribution is -0.119. The third-order valence-corrected chi connectivity index (χ3v) is 4.00. The first-order valence-corrected chi connectivity index (χ1v) is 8.44. The van der Waals surface area contributed by atoms with Crippen molar-refractivity contribution in [2.75, 3.05) is 17.6 Å². The molecule has 0 saturated carbocycles. The molecule has 8 heteroatoms. The summed E-state index contributed by atoms with van der Waals surface area (Å²) >= 11 is 0. The number of pyridine rings is 1. The van der Waals surface area contributed by atoms with Crippen molar-refractivity contribution < 1.29 is 9.18 Å². The molecule has 2 heterocycles. The molecule has 0 aliphatic carbocycles. The first kappa shape index (κ1) is 18.8. The van der Waals surface area contributed by atoms with E-state index in [-0.39, 0.29) is 11.9 Å². The predicted octanol–water partition coefficient (Wildman–Crippen LogP) is 2.63. The fourth-order valence-corrected chi connectivity index (χ4v) is 2.66. The standard InChI is InChI=1S/C17H25FN6O/c1-4-5-6-7-17(3,10-21-11(2)25)24-15-14-13(22-16(19)23-15)8-12(18)9-20-14/h8-9H,4-7,10H2,1-3H3,(H,21,25)(H3,19,22,23,24)/t17-/m1/s1. The van der Waals surface area contributed by atoms with Gasteiger partial charge >= 0.3 is 0 Å². The average Bonchev–Trinajstić information content (AvgIpc) is 2.52. The molecule has 0 unspecified atom stereocenters. The Morgan fingerprint density at radius 2 is 2.12 bits per heavy atom. The van der Waals surface area contributed by atoms with Crippen LogP contribution >= 0.6 is 0 Å². The SMILES string of the molecule is CCCCC[C@](C)(CNC(C)=O)Nc1nc(N)nc2cc(F)cnc12. The normalized spacial score (nSPS) is 13.4. The van der Waals surface area contributed by atoms with Crippen LogP contribution < -0.4 is 16.4 Å². The molecule has 0 aliphatic rings. The number of hydrogen-bond donors (Lipinski definition) is 3. The van der Waals surface area contributed by atoms with Crippen LogP contribution in [0.15, 0.2) is 12.3 Å². The number of anilines is 2. The van der Waals surface area contributed by atoms with Crippen molar-refractivity contribution >= 4 is 28.7 Å². The maximum atomic E-state index is 13.4. The summed E-state index contributed by atoms with van der Waals surface area (Å²) in [7, 11) is 0. The number of fused-ring (bicyclic) bond motifs is 1. The van der Waals surface area contributed by atoms with Gasteiger partial charge in [-0.2, -0.15) is 4.98 Å². The third kappa shape index (κ3) is 5.23. The zero-order valence-corrected chi connectivity index (χ0v) is 14.9. The van der Waals surface area contributed by atoms with Gasteiger partial charge in [0.2, 0.25) is 11.9 Å². The Morgan fingerprint density at radius 3 is 2.80 bits per heavy atom. The van der Waals surface area contributed by atoms with E-state index in [9.17, 15) is 9.18 Å². The van der Waals surface area contributed by atoms with Crippen LogP contribution in [0.1, 0.15) is 46.5 Å². The van der Waals surface area contributed by atoms with Gasteiger partial charge in [-0.25, -0.2) is 14.4 Å². The fourth-order valence-electron chi connectivity index (χ4n) is 2.66. The van der Waals surface area contributed by atoms with Gasteiger partial charge in [-0.1, -0.05) is 26.2 Å². The zero-order chi connectivity index (χ0) is 18.4. The molecule has 0 saturated heterocycles. The highest BCUT2D eigenvalue weighted by molar-refractivity contribution is 5.86. The summed E-state index contributed by atoms with van der Waals surface area (Å²) in [5, 5.41) is 6.19. The predicted molar refractivity (Wildman–Crippen MR) is 96.6 cm³/mol. The van der Waals surface area contributed by atoms with Gasteiger partial charge in [0.05, 0.1) is 17.3 Å². The molecule has 0 bridgehead atoms. The van der Waals surface area contributed by atoms with E-state index in [0.29, 0.717) is 23.4 Å². The number of rotatable bonds is 8. The first-order valence-electron chi connectivity index (χ1n) is 8.44. The first-order chi connectivity index (χ1) is 11.8. The summed E-state index contributed by atoms with van der Waals surface area (Å²) in [5.41, 5.74) is 6.10. The van der Waals surface area contributed by atoms with Crippen LogP contribution in [0.2, 0.25) is 0 Å². The molecule has 0 fully saturated rings. The maximum absolute atomic E-state index is 13.4. The van der Waals surface area contributed by atoms with E-state index in [1.807, 2.05) is 6.92 Å². The highest BCUT2D eigenvalue weighted by Crippen LogP contribution is 2.25.